The summed E-state index contributed by atoms with van der Waals surface area (Å²) in [6, 6.07) is 21.1. The van der Waals surface area contributed by atoms with Crippen molar-refractivity contribution in [3.05, 3.63) is 107 Å². The van der Waals surface area contributed by atoms with Crippen LogP contribution >= 0.6 is 11.8 Å². The zero-order chi connectivity index (χ0) is 24.3. The van der Waals surface area contributed by atoms with Crippen LogP contribution in [0.3, 0.4) is 0 Å². The second-order valence-electron chi connectivity index (χ2n) is 7.83. The van der Waals surface area contributed by atoms with Crippen molar-refractivity contribution in [2.24, 2.45) is 0 Å². The van der Waals surface area contributed by atoms with E-state index >= 15 is 0 Å². The van der Waals surface area contributed by atoms with Crippen LogP contribution < -0.4 is 5.32 Å². The molecule has 34 heavy (non-hydrogen) atoms. The molecule has 0 aromatic heterocycles. The number of nitrogens with one attached hydrogen (secondary N) is 1. The normalized spacial score (nSPS) is 11.6. The highest BCUT2D eigenvalue weighted by Gasteiger charge is 2.30. The van der Waals surface area contributed by atoms with Crippen molar-refractivity contribution in [1.29, 1.82) is 0 Å². The molecule has 3 rings (SSSR count). The van der Waals surface area contributed by atoms with Crippen molar-refractivity contribution in [3.8, 4) is 0 Å². The van der Waals surface area contributed by atoms with Crippen molar-refractivity contribution in [2.75, 3.05) is 12.3 Å². The molecular formula is C27H28F2N2O2S. The molecule has 0 aliphatic rings. The van der Waals surface area contributed by atoms with Gasteiger partial charge in [-0.15, -0.1) is 11.8 Å². The van der Waals surface area contributed by atoms with Crippen molar-refractivity contribution in [3.63, 3.8) is 0 Å². The summed E-state index contributed by atoms with van der Waals surface area (Å²) < 4.78 is 27.6. The summed E-state index contributed by atoms with van der Waals surface area (Å²) in [5.41, 5.74) is 2.15. The molecule has 3 aromatic carbocycles. The summed E-state index contributed by atoms with van der Waals surface area (Å²) >= 11 is 1.37. The molecule has 178 valence electrons. The lowest BCUT2D eigenvalue weighted by Crippen LogP contribution is -2.51. The number of carbonyl (C=O) groups is 2. The highest BCUT2D eigenvalue weighted by Crippen LogP contribution is 2.19. The van der Waals surface area contributed by atoms with Gasteiger partial charge in [-0.3, -0.25) is 9.59 Å². The fraction of sp³-hybridized carbons (Fsp3) is 0.259. The topological polar surface area (TPSA) is 49.4 Å². The standard InChI is InChI=1S/C27H28F2N2O2S/c1-2-30-27(33)25(16-20-8-4-3-5-9-20)31(17-22-10-6-7-11-24(22)29)26(32)19-34-18-21-12-14-23(28)15-13-21/h3-15,25H,2,16-19H2,1H3,(H,30,33). The molecule has 1 atom stereocenters. The predicted octanol–water partition coefficient (Wildman–Crippen LogP) is 4.97. The van der Waals surface area contributed by atoms with E-state index in [-0.39, 0.29) is 29.9 Å². The molecule has 0 bridgehead atoms. The number of nitrogens with zero attached hydrogens (tertiary/aromatic N) is 1. The fourth-order valence-electron chi connectivity index (χ4n) is 3.58. The van der Waals surface area contributed by atoms with Gasteiger partial charge in [-0.05, 0) is 36.2 Å². The number of thioether (sulfide) groups is 1. The molecule has 2 amide bonds. The minimum Gasteiger partial charge on any atom is -0.355 e. The molecule has 0 heterocycles. The van der Waals surface area contributed by atoms with Crippen molar-refractivity contribution in [1.82, 2.24) is 10.2 Å². The summed E-state index contributed by atoms with van der Waals surface area (Å²) in [6.07, 6.45) is 0.315. The zero-order valence-electron chi connectivity index (χ0n) is 19.0. The maximum Gasteiger partial charge on any atom is 0.243 e. The monoisotopic (exact) mass is 482 g/mol. The van der Waals surface area contributed by atoms with E-state index in [1.54, 1.807) is 30.3 Å². The first kappa shape index (κ1) is 25.4. The number of amides is 2. The number of likely N-dealkylation sites (N-methyl/N-ethyl adjacent to an activating group) is 1. The van der Waals surface area contributed by atoms with Crippen LogP contribution in [-0.2, 0) is 28.3 Å². The summed E-state index contributed by atoms with van der Waals surface area (Å²) in [5.74, 6) is -0.650. The van der Waals surface area contributed by atoms with Crippen LogP contribution in [0.5, 0.6) is 0 Å². The van der Waals surface area contributed by atoms with Gasteiger partial charge in [-0.25, -0.2) is 8.78 Å². The van der Waals surface area contributed by atoms with Crippen molar-refractivity contribution >= 4 is 23.6 Å². The molecule has 1 unspecified atom stereocenters. The first-order valence-corrected chi connectivity index (χ1v) is 12.3. The smallest absolute Gasteiger partial charge is 0.243 e. The largest absolute Gasteiger partial charge is 0.355 e. The number of carbonyl (C=O) groups excluding carboxylic acids is 2. The van der Waals surface area contributed by atoms with E-state index in [4.69, 9.17) is 0 Å². The van der Waals surface area contributed by atoms with Crippen LogP contribution in [-0.4, -0.2) is 35.1 Å². The van der Waals surface area contributed by atoms with Gasteiger partial charge in [0.25, 0.3) is 0 Å². The van der Waals surface area contributed by atoms with Crippen LogP contribution in [0, 0.1) is 11.6 Å². The lowest BCUT2D eigenvalue weighted by Gasteiger charge is -2.31. The van der Waals surface area contributed by atoms with Crippen LogP contribution in [0.1, 0.15) is 23.6 Å². The van der Waals surface area contributed by atoms with Gasteiger partial charge in [0.15, 0.2) is 0 Å². The molecule has 1 N–H and O–H groups in total. The van der Waals surface area contributed by atoms with Crippen molar-refractivity contribution < 1.29 is 18.4 Å². The zero-order valence-corrected chi connectivity index (χ0v) is 19.9. The van der Waals surface area contributed by atoms with E-state index in [1.165, 1.54) is 34.9 Å². The SMILES string of the molecule is CCNC(=O)C(Cc1ccccc1)N(Cc1ccccc1F)C(=O)CSCc1ccc(F)cc1. The number of benzene rings is 3. The van der Waals surface area contributed by atoms with Crippen LogP contribution in [0.2, 0.25) is 0 Å². The van der Waals surface area contributed by atoms with E-state index < -0.39 is 11.9 Å². The molecule has 0 spiro atoms. The molecule has 3 aromatic rings. The van der Waals surface area contributed by atoms with Gasteiger partial charge in [0.05, 0.1) is 5.75 Å². The van der Waals surface area contributed by atoms with Gasteiger partial charge in [0, 0.05) is 30.8 Å². The van der Waals surface area contributed by atoms with E-state index in [2.05, 4.69) is 5.32 Å². The lowest BCUT2D eigenvalue weighted by molar-refractivity contribution is -0.139. The fourth-order valence-corrected chi connectivity index (χ4v) is 4.45. The maximum absolute atomic E-state index is 14.5. The Hall–Kier alpha value is -3.19. The number of hydrogen-bond donors (Lipinski definition) is 1. The van der Waals surface area contributed by atoms with Gasteiger partial charge < -0.3 is 10.2 Å². The Morgan fingerprint density at radius 3 is 2.26 bits per heavy atom. The minimum atomic E-state index is -0.791. The highest BCUT2D eigenvalue weighted by molar-refractivity contribution is 7.99. The Balaban J connectivity index is 1.82. The second-order valence-corrected chi connectivity index (χ2v) is 8.82. The molecule has 0 fully saturated rings. The third-order valence-electron chi connectivity index (χ3n) is 5.33. The number of hydrogen-bond acceptors (Lipinski definition) is 3. The van der Waals surface area contributed by atoms with Crippen LogP contribution in [0.15, 0.2) is 78.9 Å². The highest BCUT2D eigenvalue weighted by atomic mass is 32.2. The summed E-state index contributed by atoms with van der Waals surface area (Å²) in [5, 5.41) is 2.82. The Labute approximate surface area is 203 Å². The summed E-state index contributed by atoms with van der Waals surface area (Å²) in [4.78, 5) is 27.9. The first-order valence-electron chi connectivity index (χ1n) is 11.1. The van der Waals surface area contributed by atoms with Gasteiger partial charge >= 0.3 is 0 Å². The Bertz CT molecular complexity index is 1080. The third kappa shape index (κ3) is 7.42. The Morgan fingerprint density at radius 1 is 0.912 bits per heavy atom. The molecule has 0 aliphatic heterocycles. The van der Waals surface area contributed by atoms with Gasteiger partial charge in [-0.1, -0.05) is 60.7 Å². The van der Waals surface area contributed by atoms with E-state index in [0.29, 0.717) is 24.3 Å². The third-order valence-corrected chi connectivity index (χ3v) is 6.32. The quantitative estimate of drug-likeness (QED) is 0.420. The second kappa shape index (κ2) is 12.9. The molecule has 0 saturated heterocycles. The number of rotatable bonds is 11. The molecule has 0 saturated carbocycles. The van der Waals surface area contributed by atoms with Gasteiger partial charge in [0.1, 0.15) is 17.7 Å². The summed E-state index contributed by atoms with van der Waals surface area (Å²) in [7, 11) is 0. The van der Waals surface area contributed by atoms with Crippen LogP contribution in [0.4, 0.5) is 8.78 Å². The molecule has 4 nitrogen and oxygen atoms in total. The average Bonchev–Trinajstić information content (AvgIpc) is 2.84. The van der Waals surface area contributed by atoms with Gasteiger partial charge in [0.2, 0.25) is 11.8 Å². The van der Waals surface area contributed by atoms with E-state index in [0.717, 1.165) is 11.1 Å². The number of halogens is 2. The molecule has 0 aliphatic carbocycles. The minimum absolute atomic E-state index is 0.0166. The van der Waals surface area contributed by atoms with E-state index in [9.17, 15) is 18.4 Å². The average molecular weight is 483 g/mol. The molecule has 0 radical (unpaired) electrons. The Morgan fingerprint density at radius 2 is 1.59 bits per heavy atom. The Kier molecular flexibility index (Phi) is 9.64. The lowest BCUT2D eigenvalue weighted by atomic mass is 10.0. The maximum atomic E-state index is 14.5. The first-order chi connectivity index (χ1) is 16.5. The van der Waals surface area contributed by atoms with E-state index in [1.807, 2.05) is 37.3 Å². The molecular weight excluding hydrogens is 454 g/mol. The van der Waals surface area contributed by atoms with Crippen molar-refractivity contribution in [2.45, 2.75) is 31.7 Å². The van der Waals surface area contributed by atoms with Crippen LogP contribution in [0.25, 0.3) is 0 Å². The summed E-state index contributed by atoms with van der Waals surface area (Å²) in [6.45, 7) is 2.22. The molecule has 7 heteroatoms. The van der Waals surface area contributed by atoms with Gasteiger partial charge in [-0.2, -0.15) is 0 Å². The predicted molar refractivity (Wildman–Crippen MR) is 132 cm³/mol.